The highest BCUT2D eigenvalue weighted by atomic mass is 79.9. The molecule has 0 fully saturated rings. The minimum absolute atomic E-state index is 0.0275. The zero-order valence-electron chi connectivity index (χ0n) is 14.6. The molecule has 0 spiro atoms. The average molecular weight is 436 g/mol. The van der Waals surface area contributed by atoms with E-state index in [1.807, 2.05) is 48.5 Å². The molecule has 3 aromatic carbocycles. The molecule has 6 heteroatoms. The predicted octanol–water partition coefficient (Wildman–Crippen LogP) is 5.39. The lowest BCUT2D eigenvalue weighted by molar-refractivity contribution is 0.0969. The topological polar surface area (TPSA) is 57.8 Å². The monoisotopic (exact) mass is 435 g/mol. The van der Waals surface area contributed by atoms with Crippen LogP contribution in [0.2, 0.25) is 0 Å². The number of aromatic nitrogens is 2. The zero-order valence-corrected chi connectivity index (χ0v) is 16.2. The largest absolute Gasteiger partial charge is 0.337 e. The van der Waals surface area contributed by atoms with E-state index in [9.17, 15) is 9.18 Å². The Bertz CT molecular complexity index is 1150. The van der Waals surface area contributed by atoms with Gasteiger partial charge in [-0.1, -0.05) is 52.3 Å². The second-order valence-electron chi connectivity index (χ2n) is 6.15. The Kier molecular flexibility index (Phi) is 5.04. The normalized spacial score (nSPS) is 11.6. The van der Waals surface area contributed by atoms with Gasteiger partial charge in [0.05, 0.1) is 22.3 Å². The molecule has 28 heavy (non-hydrogen) atoms. The van der Waals surface area contributed by atoms with Crippen molar-refractivity contribution in [2.24, 2.45) is 0 Å². The summed E-state index contributed by atoms with van der Waals surface area (Å²) in [5, 5.41) is 2.79. The SMILES string of the molecule is O=C(NC(=Cc1ccc(Br)cc1)c1nc2ccccc2[nH]1)c1ccccc1F. The van der Waals surface area contributed by atoms with Gasteiger partial charge in [-0.25, -0.2) is 9.37 Å². The fourth-order valence-electron chi connectivity index (χ4n) is 2.80. The molecule has 0 bridgehead atoms. The van der Waals surface area contributed by atoms with Gasteiger partial charge in [0.2, 0.25) is 0 Å². The summed E-state index contributed by atoms with van der Waals surface area (Å²) >= 11 is 3.41. The molecular weight excluding hydrogens is 421 g/mol. The van der Waals surface area contributed by atoms with Crippen LogP contribution in [0.4, 0.5) is 4.39 Å². The van der Waals surface area contributed by atoms with Crippen molar-refractivity contribution < 1.29 is 9.18 Å². The second kappa shape index (κ2) is 7.78. The van der Waals surface area contributed by atoms with Gasteiger partial charge in [0.1, 0.15) is 5.82 Å². The molecule has 0 saturated carbocycles. The van der Waals surface area contributed by atoms with Crippen LogP contribution in [0.5, 0.6) is 0 Å². The van der Waals surface area contributed by atoms with Gasteiger partial charge in [-0.15, -0.1) is 0 Å². The number of fused-ring (bicyclic) bond motifs is 1. The van der Waals surface area contributed by atoms with Gasteiger partial charge < -0.3 is 10.3 Å². The molecule has 0 unspecified atom stereocenters. The van der Waals surface area contributed by atoms with Crippen LogP contribution in [-0.2, 0) is 0 Å². The van der Waals surface area contributed by atoms with E-state index in [1.54, 1.807) is 18.2 Å². The lowest BCUT2D eigenvalue weighted by Crippen LogP contribution is -2.23. The number of para-hydroxylation sites is 2. The summed E-state index contributed by atoms with van der Waals surface area (Å²) in [5.74, 6) is -0.622. The van der Waals surface area contributed by atoms with Crippen LogP contribution in [0, 0.1) is 5.82 Å². The molecule has 0 aliphatic rings. The molecule has 4 nitrogen and oxygen atoms in total. The molecule has 2 N–H and O–H groups in total. The fourth-order valence-corrected chi connectivity index (χ4v) is 3.07. The Hall–Kier alpha value is -3.25. The van der Waals surface area contributed by atoms with Gasteiger partial charge in [0.25, 0.3) is 5.91 Å². The quantitative estimate of drug-likeness (QED) is 0.451. The first-order chi connectivity index (χ1) is 13.6. The van der Waals surface area contributed by atoms with Crippen molar-refractivity contribution in [2.75, 3.05) is 0 Å². The first-order valence-corrected chi connectivity index (χ1v) is 9.38. The third-order valence-corrected chi connectivity index (χ3v) is 4.72. The maximum absolute atomic E-state index is 14.0. The van der Waals surface area contributed by atoms with Crippen LogP contribution in [-0.4, -0.2) is 15.9 Å². The highest BCUT2D eigenvalue weighted by molar-refractivity contribution is 9.10. The van der Waals surface area contributed by atoms with Gasteiger partial charge in [-0.2, -0.15) is 0 Å². The van der Waals surface area contributed by atoms with E-state index in [0.29, 0.717) is 11.5 Å². The third kappa shape index (κ3) is 3.87. The molecule has 4 rings (SSSR count). The van der Waals surface area contributed by atoms with Crippen molar-refractivity contribution in [1.29, 1.82) is 0 Å². The predicted molar refractivity (Wildman–Crippen MR) is 112 cm³/mol. The molecule has 138 valence electrons. The number of carbonyl (C=O) groups is 1. The van der Waals surface area contributed by atoms with Crippen molar-refractivity contribution in [3.63, 3.8) is 0 Å². The molecule has 0 atom stereocenters. The van der Waals surface area contributed by atoms with Crippen LogP contribution < -0.4 is 5.32 Å². The number of imidazole rings is 1. The molecular formula is C22H15BrFN3O. The molecule has 1 aromatic heterocycles. The van der Waals surface area contributed by atoms with Crippen molar-refractivity contribution in [1.82, 2.24) is 15.3 Å². The zero-order chi connectivity index (χ0) is 19.5. The van der Waals surface area contributed by atoms with E-state index < -0.39 is 11.7 Å². The lowest BCUT2D eigenvalue weighted by atomic mass is 10.1. The summed E-state index contributed by atoms with van der Waals surface area (Å²) in [5.41, 5.74) is 2.92. The first-order valence-electron chi connectivity index (χ1n) is 8.58. The van der Waals surface area contributed by atoms with Crippen LogP contribution in [0.15, 0.2) is 77.3 Å². The van der Waals surface area contributed by atoms with Crippen LogP contribution in [0.25, 0.3) is 22.8 Å². The van der Waals surface area contributed by atoms with Crippen molar-refractivity contribution in [2.45, 2.75) is 0 Å². The van der Waals surface area contributed by atoms with E-state index in [-0.39, 0.29) is 5.56 Å². The lowest BCUT2D eigenvalue weighted by Gasteiger charge is -2.09. The van der Waals surface area contributed by atoms with E-state index in [0.717, 1.165) is 21.1 Å². The summed E-state index contributed by atoms with van der Waals surface area (Å²) in [6.07, 6.45) is 1.79. The number of rotatable bonds is 4. The Balaban J connectivity index is 1.75. The summed E-state index contributed by atoms with van der Waals surface area (Å²) in [7, 11) is 0. The average Bonchev–Trinajstić information content (AvgIpc) is 3.13. The summed E-state index contributed by atoms with van der Waals surface area (Å²) in [4.78, 5) is 20.4. The Morgan fingerprint density at radius 3 is 2.46 bits per heavy atom. The smallest absolute Gasteiger partial charge is 0.258 e. The number of halogens is 2. The maximum Gasteiger partial charge on any atom is 0.258 e. The molecule has 4 aromatic rings. The van der Waals surface area contributed by atoms with E-state index in [4.69, 9.17) is 0 Å². The van der Waals surface area contributed by atoms with E-state index in [1.165, 1.54) is 12.1 Å². The number of nitrogens with one attached hydrogen (secondary N) is 2. The van der Waals surface area contributed by atoms with E-state index >= 15 is 0 Å². The number of hydrogen-bond acceptors (Lipinski definition) is 2. The summed E-state index contributed by atoms with van der Waals surface area (Å²) < 4.78 is 15.0. The first kappa shape index (κ1) is 18.1. The molecule has 0 saturated heterocycles. The van der Waals surface area contributed by atoms with Crippen molar-refractivity contribution in [3.8, 4) is 0 Å². The number of benzene rings is 3. The minimum atomic E-state index is -0.576. The van der Waals surface area contributed by atoms with Crippen LogP contribution in [0.1, 0.15) is 21.7 Å². The number of amides is 1. The molecule has 1 heterocycles. The number of aromatic amines is 1. The Morgan fingerprint density at radius 2 is 1.71 bits per heavy atom. The fraction of sp³-hybridized carbons (Fsp3) is 0. The molecule has 1 amide bonds. The minimum Gasteiger partial charge on any atom is -0.337 e. The highest BCUT2D eigenvalue weighted by Gasteiger charge is 2.15. The maximum atomic E-state index is 14.0. The van der Waals surface area contributed by atoms with Crippen LogP contribution in [0.3, 0.4) is 0 Å². The highest BCUT2D eigenvalue weighted by Crippen LogP contribution is 2.20. The van der Waals surface area contributed by atoms with Gasteiger partial charge in [0, 0.05) is 4.47 Å². The Labute approximate surface area is 169 Å². The van der Waals surface area contributed by atoms with E-state index in [2.05, 4.69) is 31.2 Å². The Morgan fingerprint density at radius 1 is 1.00 bits per heavy atom. The number of H-pyrrole nitrogens is 1. The van der Waals surface area contributed by atoms with Crippen molar-refractivity contribution >= 4 is 44.6 Å². The van der Waals surface area contributed by atoms with Crippen molar-refractivity contribution in [3.05, 3.63) is 100 Å². The van der Waals surface area contributed by atoms with Gasteiger partial charge in [-0.05, 0) is 48.0 Å². The second-order valence-corrected chi connectivity index (χ2v) is 7.06. The summed E-state index contributed by atoms with van der Waals surface area (Å²) in [6, 6.07) is 21.1. The molecule has 0 aliphatic carbocycles. The van der Waals surface area contributed by atoms with Gasteiger partial charge >= 0.3 is 0 Å². The standard InChI is InChI=1S/C22H15BrFN3O/c23-15-11-9-14(10-12-15)13-20(21-25-18-7-3-4-8-19(18)26-21)27-22(28)16-5-1-2-6-17(16)24/h1-13H,(H,25,26)(H,27,28). The van der Waals surface area contributed by atoms with Gasteiger partial charge in [0.15, 0.2) is 5.82 Å². The van der Waals surface area contributed by atoms with Crippen LogP contribution >= 0.6 is 15.9 Å². The number of carbonyl (C=O) groups excluding carboxylic acids is 1. The molecule has 0 radical (unpaired) electrons. The number of nitrogens with zero attached hydrogens (tertiary/aromatic N) is 1. The number of hydrogen-bond donors (Lipinski definition) is 2. The third-order valence-electron chi connectivity index (χ3n) is 4.19. The summed E-state index contributed by atoms with van der Waals surface area (Å²) in [6.45, 7) is 0. The molecule has 0 aliphatic heterocycles. The van der Waals surface area contributed by atoms with Gasteiger partial charge in [-0.3, -0.25) is 4.79 Å².